The topological polar surface area (TPSA) is 66.7 Å². The van der Waals surface area contributed by atoms with Gasteiger partial charge in [-0.25, -0.2) is 9.37 Å². The van der Waals surface area contributed by atoms with Crippen molar-refractivity contribution >= 4 is 11.8 Å². The summed E-state index contributed by atoms with van der Waals surface area (Å²) >= 11 is 0. The van der Waals surface area contributed by atoms with Crippen molar-refractivity contribution in [3.63, 3.8) is 0 Å². The summed E-state index contributed by atoms with van der Waals surface area (Å²) in [6, 6.07) is 6.06. The summed E-state index contributed by atoms with van der Waals surface area (Å²) < 4.78 is 19.7. The van der Waals surface area contributed by atoms with E-state index >= 15 is 0 Å². The highest BCUT2D eigenvalue weighted by molar-refractivity contribution is 5.94. The number of aromatic nitrogens is 1. The van der Waals surface area contributed by atoms with Crippen molar-refractivity contribution in [3.8, 4) is 0 Å². The van der Waals surface area contributed by atoms with Gasteiger partial charge in [0.05, 0.1) is 5.56 Å². The molecule has 3 heterocycles. The van der Waals surface area contributed by atoms with Crippen LogP contribution < -0.4 is 0 Å². The van der Waals surface area contributed by atoms with E-state index in [0.717, 1.165) is 32.4 Å². The number of carbonyl (C=O) groups excluding carboxylic acids is 2. The number of carbonyl (C=O) groups is 2. The van der Waals surface area contributed by atoms with Crippen molar-refractivity contribution in [3.05, 3.63) is 53.0 Å². The first-order valence-electron chi connectivity index (χ1n) is 10.3. The van der Waals surface area contributed by atoms with Gasteiger partial charge in [-0.3, -0.25) is 9.59 Å². The van der Waals surface area contributed by atoms with Gasteiger partial charge in [-0.1, -0.05) is 12.1 Å². The lowest BCUT2D eigenvalue weighted by atomic mass is 9.96. The van der Waals surface area contributed by atoms with Crippen LogP contribution in [0.5, 0.6) is 0 Å². The minimum absolute atomic E-state index is 0.0515. The van der Waals surface area contributed by atoms with E-state index in [1.807, 2.05) is 4.90 Å². The van der Waals surface area contributed by atoms with E-state index in [1.54, 1.807) is 24.0 Å². The SMILES string of the molecule is Cc1oc(C2CCN(C(=O)c3ccccc3F)CC2)nc1C(=O)N1CCCCC1. The van der Waals surface area contributed by atoms with Gasteiger partial charge in [-0.15, -0.1) is 0 Å². The molecule has 2 amide bonds. The number of oxazole rings is 1. The van der Waals surface area contributed by atoms with Gasteiger partial charge in [0.2, 0.25) is 0 Å². The molecule has 0 atom stereocenters. The lowest BCUT2D eigenvalue weighted by Gasteiger charge is -2.30. The Kier molecular flexibility index (Phi) is 5.65. The van der Waals surface area contributed by atoms with Crippen molar-refractivity contribution in [2.75, 3.05) is 26.2 Å². The number of nitrogens with zero attached hydrogens (tertiary/aromatic N) is 3. The highest BCUT2D eigenvalue weighted by Crippen LogP contribution is 2.30. The molecule has 0 spiro atoms. The minimum atomic E-state index is -0.496. The van der Waals surface area contributed by atoms with E-state index in [0.29, 0.717) is 43.3 Å². The third-order valence-electron chi connectivity index (χ3n) is 5.89. The Morgan fingerprint density at radius 1 is 1.00 bits per heavy atom. The van der Waals surface area contributed by atoms with Gasteiger partial charge in [0, 0.05) is 32.1 Å². The van der Waals surface area contributed by atoms with Gasteiger partial charge < -0.3 is 14.2 Å². The molecule has 0 N–H and O–H groups in total. The van der Waals surface area contributed by atoms with E-state index in [1.165, 1.54) is 12.1 Å². The Hall–Kier alpha value is -2.70. The molecular formula is C22H26FN3O3. The number of rotatable bonds is 3. The summed E-state index contributed by atoms with van der Waals surface area (Å²) in [5.74, 6) is 0.349. The molecule has 1 aromatic heterocycles. The second-order valence-electron chi connectivity index (χ2n) is 7.86. The van der Waals surface area contributed by atoms with Gasteiger partial charge in [-0.2, -0.15) is 0 Å². The van der Waals surface area contributed by atoms with Crippen LogP contribution in [0.25, 0.3) is 0 Å². The van der Waals surface area contributed by atoms with Crippen LogP contribution in [0, 0.1) is 12.7 Å². The van der Waals surface area contributed by atoms with Crippen molar-refractivity contribution < 1.29 is 18.4 Å². The van der Waals surface area contributed by atoms with Crippen LogP contribution >= 0.6 is 0 Å². The normalized spacial score (nSPS) is 18.1. The molecule has 0 radical (unpaired) electrons. The third kappa shape index (κ3) is 4.04. The van der Waals surface area contributed by atoms with Crippen molar-refractivity contribution in [2.24, 2.45) is 0 Å². The average Bonchev–Trinajstić information content (AvgIpc) is 3.15. The fourth-order valence-electron chi connectivity index (χ4n) is 4.17. The number of likely N-dealkylation sites (tertiary alicyclic amines) is 2. The molecular weight excluding hydrogens is 373 g/mol. The first-order valence-corrected chi connectivity index (χ1v) is 10.3. The van der Waals surface area contributed by atoms with Crippen LogP contribution in [0.2, 0.25) is 0 Å². The molecule has 6 nitrogen and oxygen atoms in total. The van der Waals surface area contributed by atoms with Crippen molar-refractivity contribution in [1.29, 1.82) is 0 Å². The van der Waals surface area contributed by atoms with E-state index in [-0.39, 0.29) is 23.3 Å². The predicted molar refractivity (Wildman–Crippen MR) is 105 cm³/mol. The number of hydrogen-bond acceptors (Lipinski definition) is 4. The fourth-order valence-corrected chi connectivity index (χ4v) is 4.17. The van der Waals surface area contributed by atoms with Gasteiger partial charge >= 0.3 is 0 Å². The molecule has 0 bridgehead atoms. The summed E-state index contributed by atoms with van der Waals surface area (Å²) in [5.41, 5.74) is 0.513. The minimum Gasteiger partial charge on any atom is -0.445 e. The van der Waals surface area contributed by atoms with E-state index in [2.05, 4.69) is 4.98 Å². The van der Waals surface area contributed by atoms with Gasteiger partial charge in [0.25, 0.3) is 11.8 Å². The zero-order valence-corrected chi connectivity index (χ0v) is 16.7. The maximum atomic E-state index is 13.9. The van der Waals surface area contributed by atoms with E-state index in [9.17, 15) is 14.0 Å². The Labute approximate surface area is 169 Å². The molecule has 0 aliphatic carbocycles. The molecule has 2 saturated heterocycles. The van der Waals surface area contributed by atoms with Crippen molar-refractivity contribution in [2.45, 2.75) is 44.9 Å². The molecule has 154 valence electrons. The summed E-state index contributed by atoms with van der Waals surface area (Å²) in [5, 5.41) is 0. The molecule has 1 aromatic carbocycles. The predicted octanol–water partition coefficient (Wildman–Crippen LogP) is 3.77. The van der Waals surface area contributed by atoms with Crippen LogP contribution in [0.15, 0.2) is 28.7 Å². The summed E-state index contributed by atoms with van der Waals surface area (Å²) in [7, 11) is 0. The Morgan fingerprint density at radius 3 is 2.34 bits per heavy atom. The first-order chi connectivity index (χ1) is 14.0. The highest BCUT2D eigenvalue weighted by atomic mass is 19.1. The average molecular weight is 399 g/mol. The Morgan fingerprint density at radius 2 is 1.66 bits per heavy atom. The zero-order chi connectivity index (χ0) is 20.4. The number of hydrogen-bond donors (Lipinski definition) is 0. The van der Waals surface area contributed by atoms with Crippen LogP contribution in [-0.2, 0) is 0 Å². The molecule has 0 unspecified atom stereocenters. The molecule has 0 saturated carbocycles. The van der Waals surface area contributed by atoms with E-state index in [4.69, 9.17) is 4.42 Å². The van der Waals surface area contributed by atoms with Crippen LogP contribution in [0.4, 0.5) is 4.39 Å². The van der Waals surface area contributed by atoms with Gasteiger partial charge in [0.15, 0.2) is 11.6 Å². The molecule has 2 fully saturated rings. The Balaban J connectivity index is 1.41. The lowest BCUT2D eigenvalue weighted by Crippen LogP contribution is -2.38. The van der Waals surface area contributed by atoms with Crippen molar-refractivity contribution in [1.82, 2.24) is 14.8 Å². The molecule has 29 heavy (non-hydrogen) atoms. The second kappa shape index (κ2) is 8.35. The molecule has 2 aliphatic heterocycles. The number of amides is 2. The maximum Gasteiger partial charge on any atom is 0.276 e. The first kappa shape index (κ1) is 19.6. The number of benzene rings is 1. The Bertz CT molecular complexity index is 896. The smallest absolute Gasteiger partial charge is 0.276 e. The van der Waals surface area contributed by atoms with Crippen LogP contribution in [-0.4, -0.2) is 52.8 Å². The summed E-state index contributed by atoms with van der Waals surface area (Å²) in [4.78, 5) is 33.4. The zero-order valence-electron chi connectivity index (χ0n) is 16.7. The second-order valence-corrected chi connectivity index (χ2v) is 7.86. The van der Waals surface area contributed by atoms with E-state index < -0.39 is 5.82 Å². The largest absolute Gasteiger partial charge is 0.445 e. The summed E-state index contributed by atoms with van der Waals surface area (Å²) in [6.45, 7) is 4.35. The summed E-state index contributed by atoms with van der Waals surface area (Å²) in [6.07, 6.45) is 4.58. The van der Waals surface area contributed by atoms with Gasteiger partial charge in [0.1, 0.15) is 11.6 Å². The fraction of sp³-hybridized carbons (Fsp3) is 0.500. The monoisotopic (exact) mass is 399 g/mol. The quantitative estimate of drug-likeness (QED) is 0.788. The van der Waals surface area contributed by atoms with Gasteiger partial charge in [-0.05, 0) is 51.2 Å². The van der Waals surface area contributed by atoms with Crippen LogP contribution in [0.1, 0.15) is 70.5 Å². The van der Waals surface area contributed by atoms with Crippen LogP contribution in [0.3, 0.4) is 0 Å². The molecule has 2 aliphatic rings. The number of aryl methyl sites for hydroxylation is 1. The third-order valence-corrected chi connectivity index (χ3v) is 5.89. The molecule has 7 heteroatoms. The highest BCUT2D eigenvalue weighted by Gasteiger charge is 2.31. The molecule has 4 rings (SSSR count). The maximum absolute atomic E-state index is 13.9. The number of piperidine rings is 2. The molecule has 2 aromatic rings. The number of halogens is 1. The lowest BCUT2D eigenvalue weighted by molar-refractivity contribution is 0.0699. The standard InChI is InChI=1S/C22H26FN3O3/c1-15-19(22(28)25-11-5-2-6-12-25)24-20(29-15)16-9-13-26(14-10-16)21(27)17-7-3-4-8-18(17)23/h3-4,7-8,16H,2,5-6,9-14H2,1H3.